The number of nitrogens with two attached hydrogens (primary N) is 1. The number of nitrogens with one attached hydrogen (secondary N) is 2. The topological polar surface area (TPSA) is 114 Å². The number of thioether (sulfide) groups is 1. The largest absolute Gasteiger partial charge is 0.454 e. The average Bonchev–Trinajstić information content (AvgIpc) is 3.18. The van der Waals surface area contributed by atoms with Crippen LogP contribution < -0.4 is 21.3 Å². The van der Waals surface area contributed by atoms with Crippen molar-refractivity contribution in [2.45, 2.75) is 25.3 Å². The van der Waals surface area contributed by atoms with Crippen LogP contribution in [0.15, 0.2) is 24.3 Å². The van der Waals surface area contributed by atoms with Gasteiger partial charge in [0.1, 0.15) is 6.04 Å². The van der Waals surface area contributed by atoms with Crippen LogP contribution in [0, 0.1) is 0 Å². The van der Waals surface area contributed by atoms with E-state index in [1.807, 2.05) is 30.5 Å². The Bertz CT molecular complexity index is 647. The lowest BCUT2D eigenvalue weighted by molar-refractivity contribution is -0.149. The third kappa shape index (κ3) is 7.01. The van der Waals surface area contributed by atoms with Crippen LogP contribution in [0.2, 0.25) is 0 Å². The van der Waals surface area contributed by atoms with Crippen LogP contribution in [0.1, 0.15) is 19.3 Å². The maximum atomic E-state index is 12.0. The Kier molecular flexibility index (Phi) is 8.25. The van der Waals surface area contributed by atoms with Gasteiger partial charge in [0.25, 0.3) is 5.91 Å². The first-order valence-corrected chi connectivity index (χ1v) is 10.3. The Morgan fingerprint density at radius 3 is 2.48 bits per heavy atom. The predicted octanol–water partition coefficient (Wildman–Crippen LogP) is 1.56. The summed E-state index contributed by atoms with van der Waals surface area (Å²) in [5.41, 5.74) is 6.83. The molecule has 1 aliphatic rings. The number of ether oxygens (including phenoxy) is 1. The van der Waals surface area contributed by atoms with E-state index in [1.54, 1.807) is 0 Å². The summed E-state index contributed by atoms with van der Waals surface area (Å²) >= 11 is 1.53. The molecule has 1 aliphatic heterocycles. The normalized spacial score (nSPS) is 14.5. The first-order chi connectivity index (χ1) is 13.0. The third-order valence-corrected chi connectivity index (χ3v) is 4.82. The summed E-state index contributed by atoms with van der Waals surface area (Å²) in [4.78, 5) is 37.3. The molecule has 1 atom stereocenters. The van der Waals surface area contributed by atoms with Crippen molar-refractivity contribution in [3.05, 3.63) is 24.3 Å². The molecule has 0 radical (unpaired) electrons. The Labute approximate surface area is 163 Å². The van der Waals surface area contributed by atoms with E-state index in [2.05, 4.69) is 15.5 Å². The Hall–Kier alpha value is -2.42. The first-order valence-electron chi connectivity index (χ1n) is 8.86. The van der Waals surface area contributed by atoms with Crippen LogP contribution in [0.3, 0.4) is 0 Å². The quantitative estimate of drug-likeness (QED) is 0.548. The number of carbonyl (C=O) groups excluding carboxylic acids is 3. The van der Waals surface area contributed by atoms with Crippen molar-refractivity contribution in [3.63, 3.8) is 0 Å². The lowest BCUT2D eigenvalue weighted by atomic mass is 10.2. The van der Waals surface area contributed by atoms with Crippen LogP contribution in [-0.2, 0) is 14.3 Å². The summed E-state index contributed by atoms with van der Waals surface area (Å²) in [5, 5.41) is 5.02. The summed E-state index contributed by atoms with van der Waals surface area (Å²) in [7, 11) is 0. The van der Waals surface area contributed by atoms with Gasteiger partial charge in [0.2, 0.25) is 0 Å². The zero-order valence-corrected chi connectivity index (χ0v) is 16.2. The van der Waals surface area contributed by atoms with Gasteiger partial charge in [-0.15, -0.1) is 0 Å². The molecule has 1 aromatic rings. The van der Waals surface area contributed by atoms with Gasteiger partial charge in [-0.3, -0.25) is 4.79 Å². The molecule has 0 unspecified atom stereocenters. The third-order valence-electron chi connectivity index (χ3n) is 4.18. The molecule has 9 heteroatoms. The SMILES string of the molecule is CSCC[C@@H](NC(N)=O)C(=O)OCC(=O)Nc1ccc(N2CCCC2)cc1. The second kappa shape index (κ2) is 10.7. The van der Waals surface area contributed by atoms with Crippen molar-refractivity contribution in [1.82, 2.24) is 5.32 Å². The number of hydrogen-bond donors (Lipinski definition) is 3. The zero-order chi connectivity index (χ0) is 19.6. The van der Waals surface area contributed by atoms with E-state index in [9.17, 15) is 14.4 Å². The van der Waals surface area contributed by atoms with Gasteiger partial charge in [-0.2, -0.15) is 11.8 Å². The minimum absolute atomic E-state index is 0.378. The molecule has 0 aromatic heterocycles. The van der Waals surface area contributed by atoms with Crippen molar-refractivity contribution < 1.29 is 19.1 Å². The summed E-state index contributed by atoms with van der Waals surface area (Å²) in [6.45, 7) is 1.68. The van der Waals surface area contributed by atoms with E-state index in [-0.39, 0.29) is 0 Å². The molecular weight excluding hydrogens is 368 g/mol. The highest BCUT2D eigenvalue weighted by molar-refractivity contribution is 7.98. The lowest BCUT2D eigenvalue weighted by Gasteiger charge is -2.18. The molecule has 0 saturated carbocycles. The summed E-state index contributed by atoms with van der Waals surface area (Å²) in [6.07, 6.45) is 4.66. The lowest BCUT2D eigenvalue weighted by Crippen LogP contribution is -2.45. The molecule has 0 aliphatic carbocycles. The molecule has 0 bridgehead atoms. The minimum atomic E-state index is -0.859. The van der Waals surface area contributed by atoms with Gasteiger partial charge >= 0.3 is 12.0 Å². The molecule has 148 valence electrons. The summed E-state index contributed by atoms with van der Waals surface area (Å²) in [6, 6.07) is 5.90. The van der Waals surface area contributed by atoms with Gasteiger partial charge < -0.3 is 26.0 Å². The highest BCUT2D eigenvalue weighted by Gasteiger charge is 2.22. The Morgan fingerprint density at radius 1 is 1.22 bits per heavy atom. The van der Waals surface area contributed by atoms with E-state index in [0.717, 1.165) is 18.8 Å². The molecular formula is C18H26N4O4S. The average molecular weight is 394 g/mol. The number of amides is 3. The molecule has 1 aromatic carbocycles. The number of urea groups is 1. The van der Waals surface area contributed by atoms with E-state index >= 15 is 0 Å². The highest BCUT2D eigenvalue weighted by atomic mass is 32.2. The second-order valence-electron chi connectivity index (χ2n) is 6.24. The van der Waals surface area contributed by atoms with E-state index in [1.165, 1.54) is 24.6 Å². The molecule has 27 heavy (non-hydrogen) atoms. The molecule has 2 rings (SSSR count). The molecule has 0 spiro atoms. The molecule has 3 amide bonds. The first kappa shape index (κ1) is 20.9. The van der Waals surface area contributed by atoms with Crippen molar-refractivity contribution in [3.8, 4) is 0 Å². The fourth-order valence-electron chi connectivity index (χ4n) is 2.82. The van der Waals surface area contributed by atoms with Gasteiger partial charge in [0, 0.05) is 24.5 Å². The van der Waals surface area contributed by atoms with Gasteiger partial charge in [0.15, 0.2) is 6.61 Å². The minimum Gasteiger partial charge on any atom is -0.454 e. The molecule has 1 fully saturated rings. The van der Waals surface area contributed by atoms with Crippen molar-refractivity contribution >= 4 is 41.0 Å². The van der Waals surface area contributed by atoms with Crippen LogP contribution in [0.25, 0.3) is 0 Å². The van der Waals surface area contributed by atoms with Crippen LogP contribution in [0.4, 0.5) is 16.2 Å². The number of esters is 1. The van der Waals surface area contributed by atoms with Crippen LogP contribution in [0.5, 0.6) is 0 Å². The second-order valence-corrected chi connectivity index (χ2v) is 7.23. The summed E-state index contributed by atoms with van der Waals surface area (Å²) in [5.74, 6) is -0.474. The zero-order valence-electron chi connectivity index (χ0n) is 15.4. The van der Waals surface area contributed by atoms with Gasteiger partial charge in [-0.25, -0.2) is 9.59 Å². The number of rotatable bonds is 9. The number of primary amides is 1. The number of benzene rings is 1. The number of hydrogen-bond acceptors (Lipinski definition) is 6. The summed E-state index contributed by atoms with van der Waals surface area (Å²) < 4.78 is 5.00. The van der Waals surface area contributed by atoms with Gasteiger partial charge in [0.05, 0.1) is 0 Å². The van der Waals surface area contributed by atoms with Gasteiger partial charge in [-0.05, 0) is 55.5 Å². The molecule has 1 heterocycles. The van der Waals surface area contributed by atoms with E-state index in [4.69, 9.17) is 10.5 Å². The maximum Gasteiger partial charge on any atom is 0.329 e. The monoisotopic (exact) mass is 394 g/mol. The predicted molar refractivity (Wildman–Crippen MR) is 107 cm³/mol. The van der Waals surface area contributed by atoms with Crippen molar-refractivity contribution in [2.24, 2.45) is 5.73 Å². The molecule has 4 N–H and O–H groups in total. The maximum absolute atomic E-state index is 12.0. The van der Waals surface area contributed by atoms with Crippen molar-refractivity contribution in [1.29, 1.82) is 0 Å². The van der Waals surface area contributed by atoms with Crippen LogP contribution in [-0.4, -0.2) is 55.7 Å². The fraction of sp³-hybridized carbons (Fsp3) is 0.500. The van der Waals surface area contributed by atoms with Gasteiger partial charge in [-0.1, -0.05) is 0 Å². The molecule has 8 nitrogen and oxygen atoms in total. The Balaban J connectivity index is 1.80. The fourth-order valence-corrected chi connectivity index (χ4v) is 3.29. The number of carbonyl (C=O) groups is 3. The highest BCUT2D eigenvalue weighted by Crippen LogP contribution is 2.21. The van der Waals surface area contributed by atoms with E-state index in [0.29, 0.717) is 17.9 Å². The number of nitrogens with zero attached hydrogens (tertiary/aromatic N) is 1. The Morgan fingerprint density at radius 2 is 1.89 bits per heavy atom. The molecule has 1 saturated heterocycles. The van der Waals surface area contributed by atoms with E-state index < -0.39 is 30.6 Å². The smallest absolute Gasteiger partial charge is 0.329 e. The number of anilines is 2. The van der Waals surface area contributed by atoms with Crippen LogP contribution >= 0.6 is 11.8 Å². The standard InChI is InChI=1S/C18H26N4O4S/c1-27-11-8-15(21-18(19)25)17(24)26-12-16(23)20-13-4-6-14(7-5-13)22-9-2-3-10-22/h4-7,15H,2-3,8-12H2,1H3,(H,20,23)(H3,19,21,25)/t15-/m1/s1. The van der Waals surface area contributed by atoms with Crippen molar-refractivity contribution in [2.75, 3.05) is 41.9 Å².